The minimum Gasteiger partial charge on any atom is -0.298 e. The van der Waals surface area contributed by atoms with E-state index in [-0.39, 0.29) is 0 Å². The van der Waals surface area contributed by atoms with Gasteiger partial charge in [-0.2, -0.15) is 0 Å². The Hall–Kier alpha value is -1.37. The summed E-state index contributed by atoms with van der Waals surface area (Å²) in [6.07, 6.45) is 4.02. The van der Waals surface area contributed by atoms with Gasteiger partial charge in [0.1, 0.15) is 6.29 Å². The van der Waals surface area contributed by atoms with Crippen molar-refractivity contribution in [3.8, 4) is 0 Å². The van der Waals surface area contributed by atoms with Gasteiger partial charge < -0.3 is 0 Å². The van der Waals surface area contributed by atoms with Crippen LogP contribution in [0.3, 0.4) is 0 Å². The third kappa shape index (κ3) is 2.84. The lowest BCUT2D eigenvalue weighted by molar-refractivity contribution is -0.103. The molecule has 0 aliphatic heterocycles. The van der Waals surface area contributed by atoms with E-state index in [9.17, 15) is 4.79 Å². The molecule has 0 bridgehead atoms. The maximum atomic E-state index is 10.9. The van der Waals surface area contributed by atoms with Crippen molar-refractivity contribution in [3.63, 3.8) is 0 Å². The van der Waals surface area contributed by atoms with Crippen LogP contribution in [-0.2, 0) is 4.79 Å². The van der Waals surface area contributed by atoms with Crippen molar-refractivity contribution in [2.24, 2.45) is 5.92 Å². The van der Waals surface area contributed by atoms with Crippen LogP contribution in [0.5, 0.6) is 0 Å². The highest BCUT2D eigenvalue weighted by Gasteiger charge is 2.01. The van der Waals surface area contributed by atoms with Crippen molar-refractivity contribution in [2.75, 3.05) is 0 Å². The Morgan fingerprint density at radius 1 is 1.36 bits per heavy atom. The molecule has 0 heterocycles. The van der Waals surface area contributed by atoms with E-state index < -0.39 is 0 Å². The number of allylic oxidation sites excluding steroid dienone is 2. The molecule has 1 nitrogen and oxygen atoms in total. The molecule has 1 heteroatoms. The molecule has 0 amide bonds. The summed E-state index contributed by atoms with van der Waals surface area (Å²) in [5.41, 5.74) is 1.79. The van der Waals surface area contributed by atoms with Gasteiger partial charge in [0.15, 0.2) is 0 Å². The number of hydrogen-bond acceptors (Lipinski definition) is 1. The molecule has 0 spiro atoms. The van der Waals surface area contributed by atoms with Crippen molar-refractivity contribution in [1.29, 1.82) is 0 Å². The first-order chi connectivity index (χ1) is 6.77. The van der Waals surface area contributed by atoms with Gasteiger partial charge in [0.2, 0.25) is 0 Å². The van der Waals surface area contributed by atoms with Crippen LogP contribution < -0.4 is 0 Å². The van der Waals surface area contributed by atoms with Crippen LogP contribution in [0.2, 0.25) is 0 Å². The highest BCUT2D eigenvalue weighted by atomic mass is 16.1. The van der Waals surface area contributed by atoms with Crippen molar-refractivity contribution < 1.29 is 4.79 Å². The maximum absolute atomic E-state index is 10.9. The normalized spacial score (nSPS) is 13.7. The minimum absolute atomic E-state index is 0.454. The monoisotopic (exact) mass is 188 g/mol. The van der Waals surface area contributed by atoms with Gasteiger partial charge >= 0.3 is 0 Å². The largest absolute Gasteiger partial charge is 0.298 e. The average molecular weight is 188 g/mol. The second-order valence-corrected chi connectivity index (χ2v) is 3.49. The Morgan fingerprint density at radius 2 is 2.00 bits per heavy atom. The zero-order valence-corrected chi connectivity index (χ0v) is 8.73. The number of benzene rings is 1. The van der Waals surface area contributed by atoms with Crippen molar-refractivity contribution >= 4 is 11.9 Å². The van der Waals surface area contributed by atoms with Crippen LogP contribution in [0.15, 0.2) is 36.4 Å². The Labute approximate surface area is 85.5 Å². The lowest BCUT2D eigenvalue weighted by atomic mass is 10.0. The molecule has 0 radical (unpaired) electrons. The third-order valence-corrected chi connectivity index (χ3v) is 2.34. The third-order valence-electron chi connectivity index (χ3n) is 2.34. The van der Waals surface area contributed by atoms with Gasteiger partial charge in [-0.3, -0.25) is 4.79 Å². The SMILES string of the molecule is CCC(C)C=C(C=O)c1ccccc1. The zero-order valence-electron chi connectivity index (χ0n) is 8.73. The lowest BCUT2D eigenvalue weighted by Gasteiger charge is -2.04. The van der Waals surface area contributed by atoms with Crippen LogP contribution in [0.1, 0.15) is 25.8 Å². The summed E-state index contributed by atoms with van der Waals surface area (Å²) in [7, 11) is 0. The predicted molar refractivity (Wildman–Crippen MR) is 59.9 cm³/mol. The summed E-state index contributed by atoms with van der Waals surface area (Å²) in [6, 6.07) is 9.77. The fraction of sp³-hybridized carbons (Fsp3) is 0.308. The van der Waals surface area contributed by atoms with Crippen LogP contribution >= 0.6 is 0 Å². The van der Waals surface area contributed by atoms with E-state index >= 15 is 0 Å². The fourth-order valence-electron chi connectivity index (χ4n) is 1.26. The van der Waals surface area contributed by atoms with E-state index in [1.165, 1.54) is 0 Å². The molecule has 1 unspecified atom stereocenters. The van der Waals surface area contributed by atoms with Crippen molar-refractivity contribution in [2.45, 2.75) is 20.3 Å². The van der Waals surface area contributed by atoms with E-state index in [1.807, 2.05) is 36.4 Å². The number of carbonyl (C=O) groups excluding carboxylic acids is 1. The summed E-state index contributed by atoms with van der Waals surface area (Å²) in [4.78, 5) is 10.9. The Balaban J connectivity index is 2.93. The van der Waals surface area contributed by atoms with Crippen LogP contribution in [0.4, 0.5) is 0 Å². The van der Waals surface area contributed by atoms with Crippen LogP contribution in [-0.4, -0.2) is 6.29 Å². The summed E-state index contributed by atoms with van der Waals surface area (Å²) < 4.78 is 0. The molecule has 0 saturated carbocycles. The van der Waals surface area contributed by atoms with Crippen molar-refractivity contribution in [1.82, 2.24) is 0 Å². The topological polar surface area (TPSA) is 17.1 Å². The fourth-order valence-corrected chi connectivity index (χ4v) is 1.26. The summed E-state index contributed by atoms with van der Waals surface area (Å²) in [5.74, 6) is 0.454. The summed E-state index contributed by atoms with van der Waals surface area (Å²) >= 11 is 0. The molecule has 14 heavy (non-hydrogen) atoms. The smallest absolute Gasteiger partial charge is 0.150 e. The molecule has 0 aliphatic carbocycles. The molecule has 1 atom stereocenters. The van der Waals surface area contributed by atoms with Gasteiger partial charge in [0.25, 0.3) is 0 Å². The van der Waals surface area contributed by atoms with Crippen molar-refractivity contribution in [3.05, 3.63) is 42.0 Å². The van der Waals surface area contributed by atoms with E-state index in [0.29, 0.717) is 5.92 Å². The highest BCUT2D eigenvalue weighted by molar-refractivity contribution is 6.06. The molecule has 0 N–H and O–H groups in total. The lowest BCUT2D eigenvalue weighted by Crippen LogP contribution is -1.91. The Morgan fingerprint density at radius 3 is 2.50 bits per heavy atom. The molecule has 0 saturated heterocycles. The molecular formula is C13H16O. The van der Waals surface area contributed by atoms with Crippen LogP contribution in [0.25, 0.3) is 5.57 Å². The van der Waals surface area contributed by atoms with E-state index in [4.69, 9.17) is 0 Å². The van der Waals surface area contributed by atoms with Gasteiger partial charge in [-0.15, -0.1) is 0 Å². The van der Waals surface area contributed by atoms with Gasteiger partial charge in [-0.25, -0.2) is 0 Å². The average Bonchev–Trinajstić information content (AvgIpc) is 2.26. The van der Waals surface area contributed by atoms with Gasteiger partial charge in [0.05, 0.1) is 0 Å². The number of hydrogen-bond donors (Lipinski definition) is 0. The zero-order chi connectivity index (χ0) is 10.4. The molecule has 0 fully saturated rings. The quantitative estimate of drug-likeness (QED) is 0.523. The summed E-state index contributed by atoms with van der Waals surface area (Å²) in [6.45, 7) is 4.24. The molecule has 1 rings (SSSR count). The number of rotatable bonds is 4. The molecule has 1 aromatic rings. The predicted octanol–water partition coefficient (Wildman–Crippen LogP) is 3.32. The van der Waals surface area contributed by atoms with Gasteiger partial charge in [0, 0.05) is 5.57 Å². The first-order valence-electron chi connectivity index (χ1n) is 5.00. The second-order valence-electron chi connectivity index (χ2n) is 3.49. The van der Waals surface area contributed by atoms with Crippen LogP contribution in [0, 0.1) is 5.92 Å². The van der Waals surface area contributed by atoms with E-state index in [1.54, 1.807) is 0 Å². The van der Waals surface area contributed by atoms with Gasteiger partial charge in [-0.1, -0.05) is 56.7 Å². The highest BCUT2D eigenvalue weighted by Crippen LogP contribution is 2.15. The standard InChI is InChI=1S/C13H16O/c1-3-11(2)9-13(10-14)12-7-5-4-6-8-12/h4-11H,3H2,1-2H3. The molecule has 1 aromatic carbocycles. The first kappa shape index (κ1) is 10.7. The maximum Gasteiger partial charge on any atom is 0.150 e. The molecule has 74 valence electrons. The minimum atomic E-state index is 0.454. The molecule has 0 aliphatic rings. The first-order valence-corrected chi connectivity index (χ1v) is 5.00. The summed E-state index contributed by atoms with van der Waals surface area (Å²) in [5, 5.41) is 0. The molecule has 0 aromatic heterocycles. The molecular weight excluding hydrogens is 172 g/mol. The number of carbonyl (C=O) groups is 1. The van der Waals surface area contributed by atoms with Gasteiger partial charge in [-0.05, 0) is 11.5 Å². The van der Waals surface area contributed by atoms with E-state index in [2.05, 4.69) is 13.8 Å². The Bertz CT molecular complexity index is 311. The Kier molecular flexibility index (Phi) is 4.11. The number of aldehydes is 1. The van der Waals surface area contributed by atoms with E-state index in [0.717, 1.165) is 23.8 Å². The second kappa shape index (κ2) is 5.38.